The first-order valence-corrected chi connectivity index (χ1v) is 14.0. The lowest BCUT2D eigenvalue weighted by molar-refractivity contribution is -0.226. The maximum Gasteiger partial charge on any atom is 0.367 e. The van der Waals surface area contributed by atoms with Crippen LogP contribution in [0.2, 0.25) is 0 Å². The van der Waals surface area contributed by atoms with Crippen molar-refractivity contribution in [2.24, 2.45) is 40.4 Å². The maximum absolute atomic E-state index is 13.7. The molecule has 0 radical (unpaired) electrons. The summed E-state index contributed by atoms with van der Waals surface area (Å²) in [5.41, 5.74) is -2.29. The molecule has 8 aliphatic carbocycles. The van der Waals surface area contributed by atoms with Gasteiger partial charge in [-0.1, -0.05) is 0 Å². The zero-order chi connectivity index (χ0) is 24.1. The van der Waals surface area contributed by atoms with Crippen LogP contribution in [0.1, 0.15) is 77.0 Å². The van der Waals surface area contributed by atoms with Crippen molar-refractivity contribution in [2.75, 3.05) is 6.61 Å². The predicted molar refractivity (Wildman–Crippen MR) is 112 cm³/mol. The first-order chi connectivity index (χ1) is 15.8. The van der Waals surface area contributed by atoms with E-state index in [-0.39, 0.29) is 24.2 Å². The number of ether oxygens (including phenoxy) is 2. The summed E-state index contributed by atoms with van der Waals surface area (Å²) >= 11 is 0. The maximum atomic E-state index is 13.7. The summed E-state index contributed by atoms with van der Waals surface area (Å²) in [5.74, 6) is 0.992. The van der Waals surface area contributed by atoms with Crippen molar-refractivity contribution in [1.29, 1.82) is 0 Å². The molecule has 0 aliphatic heterocycles. The fraction of sp³-hybridized carbons (Fsp3) is 0.917. The van der Waals surface area contributed by atoms with Gasteiger partial charge in [0.05, 0.1) is 10.8 Å². The van der Waals surface area contributed by atoms with E-state index >= 15 is 0 Å². The van der Waals surface area contributed by atoms with E-state index in [0.29, 0.717) is 43.4 Å². The van der Waals surface area contributed by atoms with Gasteiger partial charge in [0.15, 0.2) is 16.7 Å². The highest BCUT2D eigenvalue weighted by atomic mass is 32.2. The Hall–Kier alpha value is -1.29. The summed E-state index contributed by atoms with van der Waals surface area (Å²) in [6, 6.07) is 0. The van der Waals surface area contributed by atoms with Crippen LogP contribution in [0.3, 0.4) is 0 Å². The lowest BCUT2D eigenvalue weighted by atomic mass is 9.47. The molecule has 8 aliphatic rings. The van der Waals surface area contributed by atoms with Gasteiger partial charge in [0.25, 0.3) is 0 Å². The molecule has 8 bridgehead atoms. The highest BCUT2D eigenvalue weighted by molar-refractivity contribution is 7.86. The molecular formula is C24H31F2O7S-. The van der Waals surface area contributed by atoms with E-state index in [9.17, 15) is 31.3 Å². The number of esters is 2. The molecule has 7 nitrogen and oxygen atoms in total. The molecule has 0 saturated heterocycles. The third-order valence-corrected chi connectivity index (χ3v) is 10.8. The quantitative estimate of drug-likeness (QED) is 0.403. The Kier molecular flexibility index (Phi) is 4.86. The Morgan fingerprint density at radius 1 is 0.794 bits per heavy atom. The Morgan fingerprint density at radius 2 is 1.26 bits per heavy atom. The van der Waals surface area contributed by atoms with Gasteiger partial charge < -0.3 is 14.0 Å². The van der Waals surface area contributed by atoms with Gasteiger partial charge in [-0.15, -0.1) is 0 Å². The van der Waals surface area contributed by atoms with E-state index in [1.807, 2.05) is 0 Å². The van der Waals surface area contributed by atoms with Crippen molar-refractivity contribution in [3.8, 4) is 0 Å². The summed E-state index contributed by atoms with van der Waals surface area (Å²) in [6.45, 7) is -1.78. The Balaban J connectivity index is 1.20. The fourth-order valence-electron chi connectivity index (χ4n) is 9.58. The van der Waals surface area contributed by atoms with Crippen molar-refractivity contribution in [1.82, 2.24) is 0 Å². The zero-order valence-corrected chi connectivity index (χ0v) is 19.9. The van der Waals surface area contributed by atoms with E-state index in [0.717, 1.165) is 25.7 Å². The molecule has 0 heterocycles. The molecule has 0 amide bonds. The topological polar surface area (TPSA) is 110 Å². The van der Waals surface area contributed by atoms with Crippen LogP contribution in [-0.2, 0) is 29.2 Å². The van der Waals surface area contributed by atoms with Crippen molar-refractivity contribution < 1.29 is 40.8 Å². The average Bonchev–Trinajstić information content (AvgIpc) is 2.69. The van der Waals surface area contributed by atoms with E-state index in [1.165, 1.54) is 19.3 Å². The van der Waals surface area contributed by atoms with Crippen LogP contribution in [-0.4, -0.2) is 42.4 Å². The third-order valence-electron chi connectivity index (χ3n) is 9.96. The molecular weight excluding hydrogens is 470 g/mol. The largest absolute Gasteiger partial charge is 0.743 e. The highest BCUT2D eigenvalue weighted by Gasteiger charge is 2.65. The molecule has 0 N–H and O–H groups in total. The molecule has 10 heteroatoms. The molecule has 0 aromatic carbocycles. The van der Waals surface area contributed by atoms with Crippen molar-refractivity contribution >= 4 is 22.1 Å². The van der Waals surface area contributed by atoms with Crippen molar-refractivity contribution in [3.63, 3.8) is 0 Å². The molecule has 0 spiro atoms. The van der Waals surface area contributed by atoms with E-state index in [2.05, 4.69) is 0 Å². The van der Waals surface area contributed by atoms with Gasteiger partial charge in [0.2, 0.25) is 0 Å². The Labute approximate surface area is 198 Å². The summed E-state index contributed by atoms with van der Waals surface area (Å²) in [4.78, 5) is 26.7. The smallest absolute Gasteiger partial charge is 0.367 e. The third kappa shape index (κ3) is 3.52. The highest BCUT2D eigenvalue weighted by Crippen LogP contribution is 2.65. The molecule has 8 saturated carbocycles. The molecule has 34 heavy (non-hydrogen) atoms. The first kappa shape index (κ1) is 23.1. The molecule has 2 unspecified atom stereocenters. The lowest BCUT2D eigenvalue weighted by Crippen LogP contribution is -2.61. The standard InChI is InChI=1S/C24H32F2O7S/c25-24(26,34(29,30)31)13-32-19(27)22-8-17-4-18(9-22)11-23(10-17,12-22)33-20(28)21-5-14-1-15(6-21)3-16(2-14)7-21/h14-18H,1-13H2,(H,29,30,31)/p-1. The SMILES string of the molecule is O=C(OCC(F)(F)S(=O)(=O)[O-])C12CC3CC(CC(OC(=O)C45CC6CC(CC(C6)C4)C5)(C3)C1)C2. The van der Waals surface area contributed by atoms with Gasteiger partial charge in [-0.25, -0.2) is 8.42 Å². The van der Waals surface area contributed by atoms with Crippen LogP contribution in [0.25, 0.3) is 0 Å². The minimum atomic E-state index is -5.93. The first-order valence-electron chi connectivity index (χ1n) is 12.6. The van der Waals surface area contributed by atoms with Crippen LogP contribution >= 0.6 is 0 Å². The number of halogens is 2. The van der Waals surface area contributed by atoms with Crippen LogP contribution < -0.4 is 0 Å². The molecule has 0 aromatic rings. The minimum Gasteiger partial charge on any atom is -0.743 e. The van der Waals surface area contributed by atoms with Crippen LogP contribution in [0.15, 0.2) is 0 Å². The van der Waals surface area contributed by atoms with Gasteiger partial charge in [-0.3, -0.25) is 9.59 Å². The number of alkyl halides is 2. The number of carbonyl (C=O) groups excluding carboxylic acids is 2. The second-order valence-corrected chi connectivity index (χ2v) is 14.2. The van der Waals surface area contributed by atoms with Crippen molar-refractivity contribution in [2.45, 2.75) is 87.9 Å². The molecule has 2 atom stereocenters. The second kappa shape index (κ2) is 7.14. The lowest BCUT2D eigenvalue weighted by Gasteiger charge is -2.61. The summed E-state index contributed by atoms with van der Waals surface area (Å²) in [6.07, 6.45) is 9.64. The number of carbonyl (C=O) groups is 2. The van der Waals surface area contributed by atoms with Gasteiger partial charge in [0.1, 0.15) is 5.60 Å². The summed E-state index contributed by atoms with van der Waals surface area (Å²) in [5, 5.41) is -4.67. The van der Waals surface area contributed by atoms with E-state index < -0.39 is 44.4 Å². The van der Waals surface area contributed by atoms with Gasteiger partial charge >= 0.3 is 17.2 Å². The van der Waals surface area contributed by atoms with Crippen LogP contribution in [0, 0.1) is 40.4 Å². The van der Waals surface area contributed by atoms with Crippen LogP contribution in [0.4, 0.5) is 8.78 Å². The minimum absolute atomic E-state index is 0.127. The number of hydrogen-bond acceptors (Lipinski definition) is 7. The van der Waals surface area contributed by atoms with E-state index in [1.54, 1.807) is 0 Å². The number of rotatable bonds is 6. The Morgan fingerprint density at radius 3 is 1.76 bits per heavy atom. The zero-order valence-electron chi connectivity index (χ0n) is 19.1. The molecule has 0 aromatic heterocycles. The van der Waals surface area contributed by atoms with Crippen molar-refractivity contribution in [3.05, 3.63) is 0 Å². The van der Waals surface area contributed by atoms with Gasteiger partial charge in [-0.2, -0.15) is 8.78 Å². The summed E-state index contributed by atoms with van der Waals surface area (Å²) < 4.78 is 70.8. The van der Waals surface area contributed by atoms with Gasteiger partial charge in [0, 0.05) is 6.42 Å². The van der Waals surface area contributed by atoms with E-state index in [4.69, 9.17) is 9.47 Å². The second-order valence-electron chi connectivity index (χ2n) is 12.7. The number of hydrogen-bond donors (Lipinski definition) is 0. The normalized spacial score (nSPS) is 46.5. The molecule has 8 fully saturated rings. The fourth-order valence-corrected chi connectivity index (χ4v) is 9.78. The monoisotopic (exact) mass is 501 g/mol. The average molecular weight is 502 g/mol. The molecule has 8 rings (SSSR count). The van der Waals surface area contributed by atoms with Crippen LogP contribution in [0.5, 0.6) is 0 Å². The molecule has 190 valence electrons. The Bertz CT molecular complexity index is 973. The summed E-state index contributed by atoms with van der Waals surface area (Å²) in [7, 11) is -5.93. The van der Waals surface area contributed by atoms with Gasteiger partial charge in [-0.05, 0) is 100 Å². The predicted octanol–water partition coefficient (Wildman–Crippen LogP) is 3.77.